The van der Waals surface area contributed by atoms with Crippen LogP contribution in [-0.4, -0.2) is 26.7 Å². The Morgan fingerprint density at radius 3 is 2.72 bits per heavy atom. The van der Waals surface area contributed by atoms with Gasteiger partial charge in [0, 0.05) is 11.4 Å². The van der Waals surface area contributed by atoms with Crippen LogP contribution < -0.4 is 16.6 Å². The van der Waals surface area contributed by atoms with E-state index in [2.05, 4.69) is 21.9 Å². The first-order valence-corrected chi connectivity index (χ1v) is 7.61. The molecule has 1 aliphatic rings. The Balaban J connectivity index is 1.77. The lowest BCUT2D eigenvalue weighted by molar-refractivity contribution is -0.131. The van der Waals surface area contributed by atoms with E-state index in [0.717, 1.165) is 6.08 Å². The molecule has 2 amide bonds. The Hall–Kier alpha value is -3.42. The second-order valence-electron chi connectivity index (χ2n) is 5.64. The molecule has 0 aliphatic carbocycles. The first-order chi connectivity index (χ1) is 12.0. The Bertz CT molecular complexity index is 973. The smallest absolute Gasteiger partial charge is 0.325 e. The second kappa shape index (κ2) is 6.60. The van der Waals surface area contributed by atoms with Crippen molar-refractivity contribution in [3.8, 4) is 0 Å². The number of nitrogens with one attached hydrogen (secondary N) is 3. The summed E-state index contributed by atoms with van der Waals surface area (Å²) < 4.78 is 0. The van der Waals surface area contributed by atoms with E-state index in [0.29, 0.717) is 22.5 Å². The molecule has 3 rings (SSSR count). The number of amides is 2. The summed E-state index contributed by atoms with van der Waals surface area (Å²) in [5.41, 5.74) is 0.963. The van der Waals surface area contributed by atoms with Crippen molar-refractivity contribution in [1.82, 2.24) is 14.9 Å². The van der Waals surface area contributed by atoms with Gasteiger partial charge >= 0.3 is 5.69 Å². The summed E-state index contributed by atoms with van der Waals surface area (Å²) in [7, 11) is 0. The molecule has 0 atom stereocenters. The van der Waals surface area contributed by atoms with Gasteiger partial charge in [-0.25, -0.2) is 4.79 Å². The maximum atomic E-state index is 12.6. The summed E-state index contributed by atoms with van der Waals surface area (Å²) in [5.74, 6) is -0.575. The molecule has 25 heavy (non-hydrogen) atoms. The third-order valence-electron chi connectivity index (χ3n) is 3.98. The Morgan fingerprint density at radius 2 is 1.96 bits per heavy atom. The molecule has 128 valence electrons. The van der Waals surface area contributed by atoms with Gasteiger partial charge in [-0.05, 0) is 17.7 Å². The molecule has 2 heterocycles. The lowest BCUT2D eigenvalue weighted by Crippen LogP contribution is -2.28. The normalized spacial score (nSPS) is 12.6. The molecule has 8 heteroatoms. The highest BCUT2D eigenvalue weighted by atomic mass is 16.2. The molecule has 0 saturated carbocycles. The van der Waals surface area contributed by atoms with Crippen LogP contribution in [0.4, 0.5) is 5.69 Å². The molecule has 0 fully saturated rings. The molecular formula is C17H16N4O4. The van der Waals surface area contributed by atoms with Gasteiger partial charge in [0.1, 0.15) is 0 Å². The van der Waals surface area contributed by atoms with E-state index in [1.807, 2.05) is 0 Å². The van der Waals surface area contributed by atoms with E-state index in [4.69, 9.17) is 0 Å². The van der Waals surface area contributed by atoms with Crippen molar-refractivity contribution in [2.24, 2.45) is 0 Å². The molecule has 8 nitrogen and oxygen atoms in total. The fraction of sp³-hybridized carbons (Fsp3) is 0.176. The average Bonchev–Trinajstić information content (AvgIpc) is 3.01. The van der Waals surface area contributed by atoms with Crippen molar-refractivity contribution in [2.45, 2.75) is 19.5 Å². The molecule has 0 unspecified atom stereocenters. The summed E-state index contributed by atoms with van der Waals surface area (Å²) in [6.07, 6.45) is 1.21. The van der Waals surface area contributed by atoms with Gasteiger partial charge in [0.05, 0.1) is 25.1 Å². The predicted octanol–water partition coefficient (Wildman–Crippen LogP) is 0.273. The standard InChI is InChI=1S/C17H16N4O4/c1-2-14(22)18-12-6-4-3-5-10(12)7-15(23)21-8-11-13(9-21)19-17(25)20-16(11)24/h2-6H,1,7-9H2,(H,18,22)(H2,19,20,24,25). The van der Waals surface area contributed by atoms with Gasteiger partial charge in [0.2, 0.25) is 11.8 Å². The van der Waals surface area contributed by atoms with E-state index in [1.165, 1.54) is 4.90 Å². The largest absolute Gasteiger partial charge is 0.332 e. The summed E-state index contributed by atoms with van der Waals surface area (Å²) in [6.45, 7) is 3.72. The van der Waals surface area contributed by atoms with Crippen LogP contribution in [0.3, 0.4) is 0 Å². The van der Waals surface area contributed by atoms with Crippen LogP contribution >= 0.6 is 0 Å². The molecule has 1 aromatic heterocycles. The van der Waals surface area contributed by atoms with Crippen molar-refractivity contribution < 1.29 is 9.59 Å². The minimum atomic E-state index is -0.587. The van der Waals surface area contributed by atoms with Crippen molar-refractivity contribution in [3.63, 3.8) is 0 Å². The van der Waals surface area contributed by atoms with E-state index in [1.54, 1.807) is 24.3 Å². The number of benzene rings is 1. The van der Waals surface area contributed by atoms with Gasteiger partial charge in [-0.2, -0.15) is 0 Å². The van der Waals surface area contributed by atoms with Crippen LogP contribution in [-0.2, 0) is 29.1 Å². The number of hydrogen-bond donors (Lipinski definition) is 3. The van der Waals surface area contributed by atoms with E-state index in [-0.39, 0.29) is 31.3 Å². The van der Waals surface area contributed by atoms with Crippen molar-refractivity contribution in [2.75, 3.05) is 5.32 Å². The van der Waals surface area contributed by atoms with Crippen molar-refractivity contribution in [3.05, 3.63) is 74.6 Å². The molecular weight excluding hydrogens is 324 g/mol. The van der Waals surface area contributed by atoms with Gasteiger partial charge < -0.3 is 15.2 Å². The van der Waals surface area contributed by atoms with Gasteiger partial charge in [-0.3, -0.25) is 19.4 Å². The highest BCUT2D eigenvalue weighted by Gasteiger charge is 2.27. The summed E-state index contributed by atoms with van der Waals surface area (Å²) in [5, 5.41) is 2.66. The van der Waals surface area contributed by atoms with Crippen LogP contribution in [0.2, 0.25) is 0 Å². The molecule has 0 saturated heterocycles. The van der Waals surface area contributed by atoms with E-state index in [9.17, 15) is 19.2 Å². The maximum absolute atomic E-state index is 12.6. The molecule has 2 aromatic rings. The molecule has 3 N–H and O–H groups in total. The number of carbonyl (C=O) groups excluding carboxylic acids is 2. The quantitative estimate of drug-likeness (QED) is 0.693. The second-order valence-corrected chi connectivity index (χ2v) is 5.64. The fourth-order valence-corrected chi connectivity index (χ4v) is 2.73. The Morgan fingerprint density at radius 1 is 1.20 bits per heavy atom. The monoisotopic (exact) mass is 340 g/mol. The lowest BCUT2D eigenvalue weighted by atomic mass is 10.1. The zero-order valence-corrected chi connectivity index (χ0v) is 13.3. The van der Waals surface area contributed by atoms with Gasteiger partial charge in [0.15, 0.2) is 0 Å². The minimum absolute atomic E-state index is 0.0592. The number of aromatic amines is 2. The molecule has 0 bridgehead atoms. The summed E-state index contributed by atoms with van der Waals surface area (Å²) in [4.78, 5) is 53.4. The number of carbonyl (C=O) groups is 2. The third-order valence-corrected chi connectivity index (χ3v) is 3.98. The van der Waals surface area contributed by atoms with Crippen LogP contribution in [0.1, 0.15) is 16.8 Å². The van der Waals surface area contributed by atoms with Gasteiger partial charge in [-0.1, -0.05) is 24.8 Å². The number of anilines is 1. The van der Waals surface area contributed by atoms with Crippen LogP contribution in [0, 0.1) is 0 Å². The minimum Gasteiger partial charge on any atom is -0.332 e. The number of H-pyrrole nitrogens is 2. The number of fused-ring (bicyclic) bond motifs is 1. The number of para-hydroxylation sites is 1. The Labute approximate surface area is 142 Å². The predicted molar refractivity (Wildman–Crippen MR) is 90.9 cm³/mol. The lowest BCUT2D eigenvalue weighted by Gasteiger charge is -2.16. The number of aromatic nitrogens is 2. The highest BCUT2D eigenvalue weighted by molar-refractivity contribution is 5.99. The number of rotatable bonds is 4. The van der Waals surface area contributed by atoms with E-state index >= 15 is 0 Å². The zero-order chi connectivity index (χ0) is 18.0. The molecule has 0 spiro atoms. The SMILES string of the molecule is C=CC(=O)Nc1ccccc1CC(=O)N1Cc2[nH]c(=O)[nH]c(=O)c2C1. The topological polar surface area (TPSA) is 115 Å². The van der Waals surface area contributed by atoms with Crippen LogP contribution in [0.5, 0.6) is 0 Å². The fourth-order valence-electron chi connectivity index (χ4n) is 2.73. The molecule has 1 aromatic carbocycles. The van der Waals surface area contributed by atoms with Crippen molar-refractivity contribution >= 4 is 17.5 Å². The first-order valence-electron chi connectivity index (χ1n) is 7.61. The summed E-state index contributed by atoms with van der Waals surface area (Å²) in [6, 6.07) is 6.97. The average molecular weight is 340 g/mol. The Kier molecular flexibility index (Phi) is 4.34. The van der Waals surface area contributed by atoms with Crippen LogP contribution in [0.15, 0.2) is 46.5 Å². The van der Waals surface area contributed by atoms with Crippen molar-refractivity contribution in [1.29, 1.82) is 0 Å². The number of hydrogen-bond acceptors (Lipinski definition) is 4. The molecule has 1 aliphatic heterocycles. The maximum Gasteiger partial charge on any atom is 0.325 e. The number of nitrogens with zero attached hydrogens (tertiary/aromatic N) is 1. The van der Waals surface area contributed by atoms with Gasteiger partial charge in [-0.15, -0.1) is 0 Å². The first kappa shape index (κ1) is 16.4. The van der Waals surface area contributed by atoms with Gasteiger partial charge in [0.25, 0.3) is 5.56 Å². The summed E-state index contributed by atoms with van der Waals surface area (Å²) >= 11 is 0. The zero-order valence-electron chi connectivity index (χ0n) is 13.3. The third kappa shape index (κ3) is 3.42. The molecule has 0 radical (unpaired) electrons. The van der Waals surface area contributed by atoms with E-state index < -0.39 is 11.2 Å². The highest BCUT2D eigenvalue weighted by Crippen LogP contribution is 2.21. The van der Waals surface area contributed by atoms with Crippen LogP contribution in [0.25, 0.3) is 0 Å².